The molecule has 0 aliphatic rings. The highest BCUT2D eigenvalue weighted by molar-refractivity contribution is 6.13. The lowest BCUT2D eigenvalue weighted by molar-refractivity contribution is 0.102. The normalized spacial score (nSPS) is 10.6. The molecular weight excluding hydrogens is 348 g/mol. The molecule has 0 bridgehead atoms. The monoisotopic (exact) mass is 368 g/mol. The minimum atomic E-state index is -0.156. The average molecular weight is 368 g/mol. The van der Waals surface area contributed by atoms with Gasteiger partial charge in [0.2, 0.25) is 0 Å². The van der Waals surface area contributed by atoms with Gasteiger partial charge in [0.15, 0.2) is 0 Å². The van der Waals surface area contributed by atoms with Crippen molar-refractivity contribution in [2.24, 2.45) is 0 Å². The van der Waals surface area contributed by atoms with Crippen molar-refractivity contribution in [3.8, 4) is 17.0 Å². The number of rotatable bonds is 4. The van der Waals surface area contributed by atoms with Gasteiger partial charge in [0.05, 0.1) is 23.9 Å². The Morgan fingerprint density at radius 1 is 0.929 bits per heavy atom. The lowest BCUT2D eigenvalue weighted by atomic mass is 10.0. The number of carbonyl (C=O) groups is 1. The van der Waals surface area contributed by atoms with Gasteiger partial charge in [-0.1, -0.05) is 48.5 Å². The smallest absolute Gasteiger partial charge is 0.256 e. The van der Waals surface area contributed by atoms with Gasteiger partial charge in [0.1, 0.15) is 5.75 Å². The van der Waals surface area contributed by atoms with Crippen molar-refractivity contribution in [3.05, 3.63) is 90.0 Å². The molecule has 0 aliphatic carbocycles. The second kappa shape index (κ2) is 7.53. The number of methoxy groups -OCH3 is 1. The summed E-state index contributed by atoms with van der Waals surface area (Å²) < 4.78 is 5.33. The van der Waals surface area contributed by atoms with Gasteiger partial charge in [-0.2, -0.15) is 0 Å². The van der Waals surface area contributed by atoms with Crippen molar-refractivity contribution in [1.82, 2.24) is 4.98 Å². The first-order valence-electron chi connectivity index (χ1n) is 9.07. The van der Waals surface area contributed by atoms with Gasteiger partial charge >= 0.3 is 0 Å². The maximum absolute atomic E-state index is 13.1. The van der Waals surface area contributed by atoms with Crippen LogP contribution in [0.4, 0.5) is 5.69 Å². The van der Waals surface area contributed by atoms with Crippen molar-refractivity contribution in [2.75, 3.05) is 12.4 Å². The first-order chi connectivity index (χ1) is 13.7. The van der Waals surface area contributed by atoms with Crippen LogP contribution in [0, 0.1) is 6.92 Å². The number of aromatic nitrogens is 1. The van der Waals surface area contributed by atoms with Gasteiger partial charge in [-0.15, -0.1) is 0 Å². The molecule has 0 fully saturated rings. The molecule has 0 atom stereocenters. The van der Waals surface area contributed by atoms with Crippen LogP contribution in [-0.4, -0.2) is 18.0 Å². The van der Waals surface area contributed by atoms with Crippen molar-refractivity contribution in [2.45, 2.75) is 6.92 Å². The molecule has 0 unspecified atom stereocenters. The molecule has 1 heterocycles. The van der Waals surface area contributed by atoms with E-state index < -0.39 is 0 Å². The molecule has 138 valence electrons. The fourth-order valence-corrected chi connectivity index (χ4v) is 3.20. The van der Waals surface area contributed by atoms with Crippen molar-refractivity contribution >= 4 is 22.5 Å². The van der Waals surface area contributed by atoms with Crippen LogP contribution in [0.3, 0.4) is 0 Å². The molecule has 28 heavy (non-hydrogen) atoms. The Kier molecular flexibility index (Phi) is 4.77. The number of para-hydroxylation sites is 2. The van der Waals surface area contributed by atoms with Crippen molar-refractivity contribution < 1.29 is 9.53 Å². The quantitative estimate of drug-likeness (QED) is 0.519. The van der Waals surface area contributed by atoms with E-state index in [0.717, 1.165) is 39.2 Å². The highest BCUT2D eigenvalue weighted by Gasteiger charge is 2.15. The van der Waals surface area contributed by atoms with Crippen LogP contribution in [0.5, 0.6) is 5.75 Å². The number of carbonyl (C=O) groups excluding carboxylic acids is 1. The number of nitrogens with zero attached hydrogens (tertiary/aromatic N) is 1. The fourth-order valence-electron chi connectivity index (χ4n) is 3.20. The number of benzene rings is 3. The second-order valence-electron chi connectivity index (χ2n) is 6.57. The number of hydrogen-bond acceptors (Lipinski definition) is 3. The summed E-state index contributed by atoms with van der Waals surface area (Å²) >= 11 is 0. The van der Waals surface area contributed by atoms with Crippen LogP contribution in [0.25, 0.3) is 22.2 Å². The molecule has 4 heteroatoms. The number of aryl methyl sites for hydroxylation is 1. The fraction of sp³-hybridized carbons (Fsp3) is 0.0833. The molecular formula is C24H20N2O2. The van der Waals surface area contributed by atoms with Gasteiger partial charge in [0, 0.05) is 16.6 Å². The van der Waals surface area contributed by atoms with E-state index in [1.807, 2.05) is 85.8 Å². The topological polar surface area (TPSA) is 51.2 Å². The van der Waals surface area contributed by atoms with Crippen molar-refractivity contribution in [1.29, 1.82) is 0 Å². The SMILES string of the molecule is COc1cccc(-c2cc(C(=O)Nc3ccccc3C)c3ccccc3n2)c1. The number of hydrogen-bond donors (Lipinski definition) is 1. The lowest BCUT2D eigenvalue weighted by Gasteiger charge is -2.12. The van der Waals surface area contributed by atoms with E-state index in [2.05, 4.69) is 5.32 Å². The highest BCUT2D eigenvalue weighted by Crippen LogP contribution is 2.28. The molecule has 1 N–H and O–H groups in total. The molecule has 0 saturated carbocycles. The Morgan fingerprint density at radius 2 is 1.71 bits per heavy atom. The Labute approximate surface area is 163 Å². The molecule has 0 radical (unpaired) electrons. The van der Waals surface area contributed by atoms with Gasteiger partial charge < -0.3 is 10.1 Å². The van der Waals surface area contributed by atoms with Gasteiger partial charge in [-0.3, -0.25) is 4.79 Å². The van der Waals surface area contributed by atoms with Gasteiger partial charge in [-0.05, 0) is 42.8 Å². The maximum Gasteiger partial charge on any atom is 0.256 e. The summed E-state index contributed by atoms with van der Waals surface area (Å²) in [5.41, 5.74) is 4.81. The van der Waals surface area contributed by atoms with Crippen LogP contribution in [0.2, 0.25) is 0 Å². The standard InChI is InChI=1S/C24H20N2O2/c1-16-8-3-5-12-21(16)26-24(27)20-15-23(17-9-7-10-18(14-17)28-2)25-22-13-6-4-11-19(20)22/h3-15H,1-2H3,(H,26,27). The zero-order valence-electron chi connectivity index (χ0n) is 15.8. The van der Waals surface area contributed by atoms with Gasteiger partial charge in [0.25, 0.3) is 5.91 Å². The molecule has 4 aromatic rings. The third kappa shape index (κ3) is 3.45. The molecule has 1 amide bonds. The Balaban J connectivity index is 1.82. The average Bonchev–Trinajstić information content (AvgIpc) is 2.74. The van der Waals surface area contributed by atoms with E-state index in [1.165, 1.54) is 0 Å². The molecule has 1 aromatic heterocycles. The van der Waals surface area contributed by atoms with Crippen molar-refractivity contribution in [3.63, 3.8) is 0 Å². The number of anilines is 1. The maximum atomic E-state index is 13.1. The van der Waals surface area contributed by atoms with Crippen LogP contribution in [0.15, 0.2) is 78.9 Å². The summed E-state index contributed by atoms with van der Waals surface area (Å²) in [5, 5.41) is 3.85. The summed E-state index contributed by atoms with van der Waals surface area (Å²) in [5.74, 6) is 0.593. The molecule has 3 aromatic carbocycles. The Morgan fingerprint density at radius 3 is 2.54 bits per heavy atom. The lowest BCUT2D eigenvalue weighted by Crippen LogP contribution is -2.13. The molecule has 0 aliphatic heterocycles. The van der Waals surface area contributed by atoms with Crippen LogP contribution in [0.1, 0.15) is 15.9 Å². The number of pyridine rings is 1. The Hall–Kier alpha value is -3.66. The summed E-state index contributed by atoms with van der Waals surface area (Å²) in [6, 6.07) is 24.9. The summed E-state index contributed by atoms with van der Waals surface area (Å²) in [6.45, 7) is 1.97. The summed E-state index contributed by atoms with van der Waals surface area (Å²) in [6.07, 6.45) is 0. The van der Waals surface area contributed by atoms with Crippen LogP contribution in [-0.2, 0) is 0 Å². The Bertz CT molecular complexity index is 1170. The summed E-state index contributed by atoms with van der Waals surface area (Å²) in [7, 11) is 1.63. The van der Waals surface area contributed by atoms with E-state index >= 15 is 0 Å². The third-order valence-corrected chi connectivity index (χ3v) is 4.72. The largest absolute Gasteiger partial charge is 0.497 e. The molecule has 0 saturated heterocycles. The predicted molar refractivity (Wildman–Crippen MR) is 113 cm³/mol. The second-order valence-corrected chi connectivity index (χ2v) is 6.57. The first kappa shape index (κ1) is 17.7. The van der Waals surface area contributed by atoms with Crippen LogP contribution < -0.4 is 10.1 Å². The minimum Gasteiger partial charge on any atom is -0.497 e. The van der Waals surface area contributed by atoms with Gasteiger partial charge in [-0.25, -0.2) is 4.98 Å². The highest BCUT2D eigenvalue weighted by atomic mass is 16.5. The predicted octanol–water partition coefficient (Wildman–Crippen LogP) is 5.47. The van der Waals surface area contributed by atoms with Crippen LogP contribution >= 0.6 is 0 Å². The number of nitrogens with one attached hydrogen (secondary N) is 1. The summed E-state index contributed by atoms with van der Waals surface area (Å²) in [4.78, 5) is 17.9. The van der Waals surface area contributed by atoms with E-state index in [-0.39, 0.29) is 5.91 Å². The zero-order chi connectivity index (χ0) is 19.5. The molecule has 0 spiro atoms. The number of amides is 1. The molecule has 4 nitrogen and oxygen atoms in total. The van der Waals surface area contributed by atoms with E-state index in [0.29, 0.717) is 5.56 Å². The molecule has 4 rings (SSSR count). The van der Waals surface area contributed by atoms with E-state index in [1.54, 1.807) is 7.11 Å². The third-order valence-electron chi connectivity index (χ3n) is 4.72. The first-order valence-corrected chi connectivity index (χ1v) is 9.07. The van der Waals surface area contributed by atoms with E-state index in [9.17, 15) is 4.79 Å². The number of ether oxygens (including phenoxy) is 1. The number of fused-ring (bicyclic) bond motifs is 1. The minimum absolute atomic E-state index is 0.156. The van der Waals surface area contributed by atoms with E-state index in [4.69, 9.17) is 9.72 Å². The zero-order valence-corrected chi connectivity index (χ0v) is 15.8.